The summed E-state index contributed by atoms with van der Waals surface area (Å²) in [6.45, 7) is 10.4. The Kier molecular flexibility index (Phi) is 7.93. The lowest BCUT2D eigenvalue weighted by molar-refractivity contribution is 0.228. The van der Waals surface area contributed by atoms with Crippen LogP contribution in [0, 0.1) is 5.92 Å². The third-order valence-electron chi connectivity index (χ3n) is 6.42. The average Bonchev–Trinajstić information content (AvgIpc) is 2.93. The van der Waals surface area contributed by atoms with Crippen molar-refractivity contribution in [2.45, 2.75) is 97.1 Å². The number of aryl methyl sites for hydroxylation is 1. The highest BCUT2D eigenvalue weighted by Gasteiger charge is 2.40. The molecule has 0 amide bonds. The van der Waals surface area contributed by atoms with Gasteiger partial charge in [0.05, 0.1) is 0 Å². The number of nitrogens with zero attached hydrogens (tertiary/aromatic N) is 4. The predicted octanol–water partition coefficient (Wildman–Crippen LogP) is 5.08. The fraction of sp³-hybridized carbons (Fsp3) is 0.826. The van der Waals surface area contributed by atoms with Crippen LogP contribution in [0.15, 0.2) is 12.4 Å². The molecule has 27 heavy (non-hydrogen) atoms. The molecule has 3 heterocycles. The van der Waals surface area contributed by atoms with Crippen molar-refractivity contribution in [3.05, 3.63) is 18.0 Å². The number of hydrogen-bond acceptors (Lipinski definition) is 4. The van der Waals surface area contributed by atoms with Crippen molar-refractivity contribution < 1.29 is 0 Å². The molecule has 2 saturated heterocycles. The molecule has 2 aliphatic heterocycles. The molecule has 152 valence electrons. The molecule has 1 aromatic heterocycles. The number of aromatic nitrogens is 2. The first kappa shape index (κ1) is 20.6. The van der Waals surface area contributed by atoms with Gasteiger partial charge in [0.2, 0.25) is 5.95 Å². The van der Waals surface area contributed by atoms with E-state index >= 15 is 0 Å². The second-order valence-corrected chi connectivity index (χ2v) is 9.09. The first-order chi connectivity index (χ1) is 13.2. The van der Waals surface area contributed by atoms with Crippen molar-refractivity contribution in [3.8, 4) is 0 Å². The highest BCUT2D eigenvalue weighted by Crippen LogP contribution is 2.32. The van der Waals surface area contributed by atoms with Crippen LogP contribution in [0.2, 0.25) is 0 Å². The van der Waals surface area contributed by atoms with Crippen molar-refractivity contribution in [3.63, 3.8) is 0 Å². The van der Waals surface area contributed by atoms with Gasteiger partial charge in [0, 0.05) is 37.6 Å². The molecular formula is C23H40N4. The molecule has 2 atom stereocenters. The van der Waals surface area contributed by atoms with Gasteiger partial charge in [-0.25, -0.2) is 9.97 Å². The Balaban J connectivity index is 1.36. The number of fused-ring (bicyclic) bond motifs is 2. The van der Waals surface area contributed by atoms with Gasteiger partial charge < -0.3 is 4.90 Å². The molecular weight excluding hydrogens is 332 g/mol. The van der Waals surface area contributed by atoms with Gasteiger partial charge in [0.15, 0.2) is 0 Å². The van der Waals surface area contributed by atoms with Crippen molar-refractivity contribution in [1.29, 1.82) is 0 Å². The molecule has 0 aromatic carbocycles. The molecule has 0 saturated carbocycles. The van der Waals surface area contributed by atoms with Crippen LogP contribution in [0.25, 0.3) is 0 Å². The standard InChI is InChI=1S/C23H40N4/c1-4-26-17-21-13-14-22(18-26)27(21)23-24-15-20(16-25-23)12-10-8-6-5-7-9-11-19(2)3/h15-16,19,21-22H,4-14,17-18H2,1-3H3. The zero-order valence-corrected chi connectivity index (χ0v) is 17.9. The zero-order valence-electron chi connectivity index (χ0n) is 17.9. The topological polar surface area (TPSA) is 32.3 Å². The van der Waals surface area contributed by atoms with Crippen LogP contribution < -0.4 is 4.90 Å². The normalized spacial score (nSPS) is 22.7. The number of unbranched alkanes of at least 4 members (excludes halogenated alkanes) is 5. The number of likely N-dealkylation sites (tertiary alicyclic amines) is 1. The summed E-state index contributed by atoms with van der Waals surface area (Å²) in [6, 6.07) is 1.23. The highest BCUT2D eigenvalue weighted by atomic mass is 15.4. The maximum absolute atomic E-state index is 4.75. The maximum Gasteiger partial charge on any atom is 0.225 e. The molecule has 2 bridgehead atoms. The second kappa shape index (κ2) is 10.4. The molecule has 0 spiro atoms. The summed E-state index contributed by atoms with van der Waals surface area (Å²) in [5.74, 6) is 1.82. The molecule has 0 aliphatic carbocycles. The average molecular weight is 373 g/mol. The second-order valence-electron chi connectivity index (χ2n) is 9.09. The van der Waals surface area contributed by atoms with Crippen LogP contribution in [-0.4, -0.2) is 46.6 Å². The van der Waals surface area contributed by atoms with Gasteiger partial charge in [-0.2, -0.15) is 0 Å². The molecule has 4 heteroatoms. The minimum atomic E-state index is 0.616. The van der Waals surface area contributed by atoms with E-state index in [-0.39, 0.29) is 0 Å². The predicted molar refractivity (Wildman–Crippen MR) is 114 cm³/mol. The Morgan fingerprint density at radius 3 is 2.11 bits per heavy atom. The molecule has 2 aliphatic rings. The number of hydrogen-bond donors (Lipinski definition) is 0. The largest absolute Gasteiger partial charge is 0.332 e. The quantitative estimate of drug-likeness (QED) is 0.507. The van der Waals surface area contributed by atoms with E-state index in [4.69, 9.17) is 9.97 Å². The maximum atomic E-state index is 4.75. The van der Waals surface area contributed by atoms with Crippen molar-refractivity contribution >= 4 is 5.95 Å². The molecule has 2 unspecified atom stereocenters. The van der Waals surface area contributed by atoms with Crippen LogP contribution in [0.4, 0.5) is 5.95 Å². The Bertz CT molecular complexity index is 528. The zero-order chi connectivity index (χ0) is 19.1. The van der Waals surface area contributed by atoms with Crippen LogP contribution in [0.1, 0.15) is 84.1 Å². The highest BCUT2D eigenvalue weighted by molar-refractivity contribution is 5.37. The van der Waals surface area contributed by atoms with Gasteiger partial charge in [-0.15, -0.1) is 0 Å². The van der Waals surface area contributed by atoms with Crippen molar-refractivity contribution in [2.75, 3.05) is 24.5 Å². The lowest BCUT2D eigenvalue weighted by Gasteiger charge is -2.40. The lowest BCUT2D eigenvalue weighted by atomic mass is 10.0. The smallest absolute Gasteiger partial charge is 0.225 e. The minimum Gasteiger partial charge on any atom is -0.332 e. The summed E-state index contributed by atoms with van der Waals surface area (Å²) >= 11 is 0. The van der Waals surface area contributed by atoms with E-state index in [1.54, 1.807) is 0 Å². The summed E-state index contributed by atoms with van der Waals surface area (Å²) in [4.78, 5) is 14.6. The Labute approximate surface area is 166 Å². The van der Waals surface area contributed by atoms with Crippen LogP contribution >= 0.6 is 0 Å². The van der Waals surface area contributed by atoms with Crippen LogP contribution in [0.5, 0.6) is 0 Å². The van der Waals surface area contributed by atoms with E-state index in [2.05, 4.69) is 43.0 Å². The molecule has 1 aromatic rings. The van der Waals surface area contributed by atoms with E-state index in [0.29, 0.717) is 12.1 Å². The fourth-order valence-corrected chi connectivity index (χ4v) is 4.77. The number of rotatable bonds is 11. The van der Waals surface area contributed by atoms with Gasteiger partial charge in [0.1, 0.15) is 0 Å². The Hall–Kier alpha value is -1.16. The number of anilines is 1. The van der Waals surface area contributed by atoms with E-state index in [1.807, 2.05) is 0 Å². The first-order valence-electron chi connectivity index (χ1n) is 11.5. The van der Waals surface area contributed by atoms with Gasteiger partial charge in [-0.1, -0.05) is 59.3 Å². The molecule has 3 rings (SSSR count). The van der Waals surface area contributed by atoms with Gasteiger partial charge in [0.25, 0.3) is 0 Å². The van der Waals surface area contributed by atoms with Crippen molar-refractivity contribution in [2.24, 2.45) is 5.92 Å². The van der Waals surface area contributed by atoms with E-state index in [1.165, 1.54) is 83.0 Å². The third-order valence-corrected chi connectivity index (χ3v) is 6.42. The number of piperazine rings is 1. The summed E-state index contributed by atoms with van der Waals surface area (Å²) < 4.78 is 0. The first-order valence-corrected chi connectivity index (χ1v) is 11.5. The third kappa shape index (κ3) is 5.91. The van der Waals surface area contributed by atoms with E-state index in [0.717, 1.165) is 18.3 Å². The van der Waals surface area contributed by atoms with Crippen LogP contribution in [-0.2, 0) is 6.42 Å². The van der Waals surface area contributed by atoms with Gasteiger partial charge in [-0.3, -0.25) is 4.90 Å². The van der Waals surface area contributed by atoms with Crippen molar-refractivity contribution in [1.82, 2.24) is 14.9 Å². The Morgan fingerprint density at radius 1 is 0.926 bits per heavy atom. The summed E-state index contributed by atoms with van der Waals surface area (Å²) in [5.41, 5.74) is 1.30. The van der Waals surface area contributed by atoms with E-state index in [9.17, 15) is 0 Å². The molecule has 0 radical (unpaired) electrons. The van der Waals surface area contributed by atoms with Gasteiger partial charge in [-0.05, 0) is 43.7 Å². The van der Waals surface area contributed by atoms with Gasteiger partial charge >= 0.3 is 0 Å². The van der Waals surface area contributed by atoms with Crippen LogP contribution in [0.3, 0.4) is 0 Å². The molecule has 4 nitrogen and oxygen atoms in total. The lowest BCUT2D eigenvalue weighted by Crippen LogP contribution is -2.54. The summed E-state index contributed by atoms with van der Waals surface area (Å²) in [5, 5.41) is 0. The SMILES string of the molecule is CCN1CC2CCC(C1)N2c1ncc(CCCCCCCCC(C)C)cn1. The number of likely N-dealkylation sites (N-methyl/N-ethyl adjacent to an activating group) is 1. The monoisotopic (exact) mass is 372 g/mol. The summed E-state index contributed by atoms with van der Waals surface area (Å²) in [6.07, 6.45) is 17.5. The van der Waals surface area contributed by atoms with E-state index < -0.39 is 0 Å². The Morgan fingerprint density at radius 2 is 1.52 bits per heavy atom. The molecule has 0 N–H and O–H groups in total. The summed E-state index contributed by atoms with van der Waals surface area (Å²) in [7, 11) is 0. The molecule has 2 fully saturated rings. The minimum absolute atomic E-state index is 0.616. The fourth-order valence-electron chi connectivity index (χ4n) is 4.77.